The predicted octanol–water partition coefficient (Wildman–Crippen LogP) is 3.32. The van der Waals surface area contributed by atoms with Crippen LogP contribution in [0.3, 0.4) is 0 Å². The molecule has 2 fully saturated rings. The van der Waals surface area contributed by atoms with Crippen molar-refractivity contribution in [2.24, 2.45) is 0 Å². The van der Waals surface area contributed by atoms with Crippen LogP contribution in [0.15, 0.2) is 24.3 Å². The molecular formula is C18H28N2. The molecule has 1 heterocycles. The number of benzene rings is 1. The van der Waals surface area contributed by atoms with Gasteiger partial charge in [0.05, 0.1) is 0 Å². The van der Waals surface area contributed by atoms with E-state index < -0.39 is 0 Å². The molecule has 0 radical (unpaired) electrons. The molecule has 2 heteroatoms. The van der Waals surface area contributed by atoms with E-state index in [-0.39, 0.29) is 0 Å². The normalized spacial score (nSPS) is 26.6. The van der Waals surface area contributed by atoms with E-state index in [1.54, 1.807) is 5.56 Å². The molecule has 0 aromatic heterocycles. The molecule has 1 aliphatic heterocycles. The van der Waals surface area contributed by atoms with E-state index in [1.807, 2.05) is 0 Å². The van der Waals surface area contributed by atoms with E-state index in [1.165, 1.54) is 63.8 Å². The highest BCUT2D eigenvalue weighted by molar-refractivity contribution is 5.27. The third-order valence-corrected chi connectivity index (χ3v) is 4.93. The second-order valence-electron chi connectivity index (χ2n) is 6.64. The summed E-state index contributed by atoms with van der Waals surface area (Å²) in [6.45, 7) is 7.34. The van der Waals surface area contributed by atoms with Gasteiger partial charge < -0.3 is 10.2 Å². The zero-order chi connectivity index (χ0) is 13.8. The highest BCUT2D eigenvalue weighted by Gasteiger charge is 2.29. The molecule has 20 heavy (non-hydrogen) atoms. The van der Waals surface area contributed by atoms with Crippen LogP contribution in [0.4, 0.5) is 0 Å². The highest BCUT2D eigenvalue weighted by Crippen LogP contribution is 2.36. The first-order chi connectivity index (χ1) is 9.81. The lowest BCUT2D eigenvalue weighted by Crippen LogP contribution is -2.41. The number of nitrogens with zero attached hydrogens (tertiary/aromatic N) is 1. The predicted molar refractivity (Wildman–Crippen MR) is 85.2 cm³/mol. The van der Waals surface area contributed by atoms with E-state index in [0.29, 0.717) is 0 Å². The Hall–Kier alpha value is -0.860. The monoisotopic (exact) mass is 272 g/mol. The summed E-state index contributed by atoms with van der Waals surface area (Å²) in [5, 5.41) is 3.73. The lowest BCUT2D eigenvalue weighted by molar-refractivity contribution is 0.277. The molecule has 1 N–H and O–H groups in total. The molecule has 0 amide bonds. The minimum absolute atomic E-state index is 0.763. The first-order valence-corrected chi connectivity index (χ1v) is 8.33. The molecule has 1 aliphatic carbocycles. The first kappa shape index (κ1) is 14.1. The van der Waals surface area contributed by atoms with Gasteiger partial charge in [-0.15, -0.1) is 0 Å². The Morgan fingerprint density at radius 2 is 2.00 bits per heavy atom. The average molecular weight is 272 g/mol. The molecule has 3 rings (SSSR count). The van der Waals surface area contributed by atoms with Crippen molar-refractivity contribution < 1.29 is 0 Å². The second kappa shape index (κ2) is 6.73. The summed E-state index contributed by atoms with van der Waals surface area (Å²) >= 11 is 0. The first-order valence-electron chi connectivity index (χ1n) is 8.33. The maximum Gasteiger partial charge on any atom is 0.00787 e. The minimum Gasteiger partial charge on any atom is -0.314 e. The summed E-state index contributed by atoms with van der Waals surface area (Å²) in [6, 6.07) is 9.80. The van der Waals surface area contributed by atoms with Gasteiger partial charge >= 0.3 is 0 Å². The Bertz CT molecular complexity index is 417. The van der Waals surface area contributed by atoms with Crippen LogP contribution < -0.4 is 5.32 Å². The van der Waals surface area contributed by atoms with Crippen molar-refractivity contribution in [3.8, 4) is 0 Å². The molecule has 0 unspecified atom stereocenters. The van der Waals surface area contributed by atoms with Crippen LogP contribution in [-0.2, 0) is 0 Å². The molecule has 1 aromatic carbocycles. The Morgan fingerprint density at radius 3 is 2.75 bits per heavy atom. The molecule has 1 aromatic rings. The molecule has 0 atom stereocenters. The highest BCUT2D eigenvalue weighted by atomic mass is 15.1. The van der Waals surface area contributed by atoms with Crippen LogP contribution in [0, 0.1) is 6.92 Å². The van der Waals surface area contributed by atoms with Gasteiger partial charge in [0.1, 0.15) is 0 Å². The van der Waals surface area contributed by atoms with Crippen LogP contribution in [-0.4, -0.2) is 37.1 Å². The van der Waals surface area contributed by atoms with Crippen molar-refractivity contribution in [2.75, 3.05) is 26.2 Å². The number of hydrogen-bond donors (Lipinski definition) is 1. The van der Waals surface area contributed by atoms with Crippen LogP contribution >= 0.6 is 0 Å². The fourth-order valence-electron chi connectivity index (χ4n) is 3.60. The SMILES string of the molecule is Cc1cccc(C2CC(NCCCN3CCCC3)C2)c1. The number of nitrogens with one attached hydrogen (secondary N) is 1. The number of likely N-dealkylation sites (tertiary alicyclic amines) is 1. The van der Waals surface area contributed by atoms with Crippen LogP contribution in [0.2, 0.25) is 0 Å². The number of aryl methyl sites for hydroxylation is 1. The van der Waals surface area contributed by atoms with Gasteiger partial charge in [-0.1, -0.05) is 29.8 Å². The van der Waals surface area contributed by atoms with Crippen molar-refractivity contribution in [3.63, 3.8) is 0 Å². The maximum absolute atomic E-state index is 3.73. The lowest BCUT2D eigenvalue weighted by atomic mass is 9.75. The van der Waals surface area contributed by atoms with Gasteiger partial charge in [-0.05, 0) is 76.7 Å². The molecule has 2 aliphatic rings. The molecule has 1 saturated carbocycles. The third-order valence-electron chi connectivity index (χ3n) is 4.93. The van der Waals surface area contributed by atoms with Crippen molar-refractivity contribution >= 4 is 0 Å². The van der Waals surface area contributed by atoms with E-state index in [2.05, 4.69) is 41.4 Å². The largest absolute Gasteiger partial charge is 0.314 e. The van der Waals surface area contributed by atoms with Crippen molar-refractivity contribution in [2.45, 2.75) is 51.0 Å². The minimum atomic E-state index is 0.763. The summed E-state index contributed by atoms with van der Waals surface area (Å²) in [5.74, 6) is 0.797. The average Bonchev–Trinajstić information content (AvgIpc) is 2.89. The van der Waals surface area contributed by atoms with Gasteiger partial charge in [0.2, 0.25) is 0 Å². The van der Waals surface area contributed by atoms with E-state index >= 15 is 0 Å². The smallest absolute Gasteiger partial charge is 0.00787 e. The van der Waals surface area contributed by atoms with Crippen molar-refractivity contribution in [1.29, 1.82) is 0 Å². The summed E-state index contributed by atoms with van der Waals surface area (Å²) in [4.78, 5) is 2.61. The van der Waals surface area contributed by atoms with Gasteiger partial charge in [-0.3, -0.25) is 0 Å². The quantitative estimate of drug-likeness (QED) is 0.799. The van der Waals surface area contributed by atoms with Gasteiger partial charge in [0, 0.05) is 6.04 Å². The Labute approximate surface area is 123 Å². The zero-order valence-corrected chi connectivity index (χ0v) is 12.8. The molecule has 0 bridgehead atoms. The van der Waals surface area contributed by atoms with Crippen molar-refractivity contribution in [1.82, 2.24) is 10.2 Å². The molecule has 1 saturated heterocycles. The maximum atomic E-state index is 3.73. The lowest BCUT2D eigenvalue weighted by Gasteiger charge is -2.36. The topological polar surface area (TPSA) is 15.3 Å². The molecule has 0 spiro atoms. The standard InChI is InChI=1S/C18H28N2/c1-15-6-4-7-16(12-15)17-13-18(14-17)19-8-5-11-20-9-2-3-10-20/h4,6-7,12,17-19H,2-3,5,8-11,13-14H2,1H3. The third kappa shape index (κ3) is 3.62. The van der Waals surface area contributed by atoms with Gasteiger partial charge in [-0.25, -0.2) is 0 Å². The molecular weight excluding hydrogens is 244 g/mol. The van der Waals surface area contributed by atoms with Crippen LogP contribution in [0.5, 0.6) is 0 Å². The summed E-state index contributed by atoms with van der Waals surface area (Å²) in [5.41, 5.74) is 2.93. The summed E-state index contributed by atoms with van der Waals surface area (Å²) in [7, 11) is 0. The Balaban J connectivity index is 1.30. The van der Waals surface area contributed by atoms with Crippen molar-refractivity contribution in [3.05, 3.63) is 35.4 Å². The van der Waals surface area contributed by atoms with Gasteiger partial charge in [0.15, 0.2) is 0 Å². The fourth-order valence-corrected chi connectivity index (χ4v) is 3.60. The fraction of sp³-hybridized carbons (Fsp3) is 0.667. The summed E-state index contributed by atoms with van der Waals surface area (Å²) in [6.07, 6.45) is 6.79. The number of rotatable bonds is 6. The number of hydrogen-bond acceptors (Lipinski definition) is 2. The van der Waals surface area contributed by atoms with Crippen LogP contribution in [0.25, 0.3) is 0 Å². The second-order valence-corrected chi connectivity index (χ2v) is 6.64. The van der Waals surface area contributed by atoms with E-state index in [0.717, 1.165) is 12.0 Å². The molecule has 2 nitrogen and oxygen atoms in total. The van der Waals surface area contributed by atoms with E-state index in [4.69, 9.17) is 0 Å². The Morgan fingerprint density at radius 1 is 1.20 bits per heavy atom. The van der Waals surface area contributed by atoms with E-state index in [9.17, 15) is 0 Å². The van der Waals surface area contributed by atoms with Gasteiger partial charge in [-0.2, -0.15) is 0 Å². The zero-order valence-electron chi connectivity index (χ0n) is 12.8. The van der Waals surface area contributed by atoms with Gasteiger partial charge in [0.25, 0.3) is 0 Å². The molecule has 110 valence electrons. The summed E-state index contributed by atoms with van der Waals surface area (Å²) < 4.78 is 0. The Kier molecular flexibility index (Phi) is 4.74. The van der Waals surface area contributed by atoms with Crippen LogP contribution in [0.1, 0.15) is 49.1 Å².